The van der Waals surface area contributed by atoms with Gasteiger partial charge >= 0.3 is 0 Å². The Bertz CT molecular complexity index is 626. The summed E-state index contributed by atoms with van der Waals surface area (Å²) < 4.78 is 3.60. The Kier molecular flexibility index (Phi) is 7.62. The van der Waals surface area contributed by atoms with Gasteiger partial charge in [0.15, 0.2) is 0 Å². The first-order valence-electron chi connectivity index (χ1n) is 7.70. The van der Waals surface area contributed by atoms with Crippen molar-refractivity contribution in [1.82, 2.24) is 4.31 Å². The smallest absolute Gasteiger partial charge is 0.290 e. The number of aryl methyl sites for hydroxylation is 1. The molecule has 24 heavy (non-hydrogen) atoms. The molecule has 2 aromatic carbocycles. The molecule has 1 heterocycles. The van der Waals surface area contributed by atoms with E-state index >= 15 is 0 Å². The van der Waals surface area contributed by atoms with E-state index < -0.39 is 0 Å². The number of rotatable bonds is 3. The molecule has 1 N–H and O–H groups in total. The second kappa shape index (κ2) is 9.71. The standard InChI is InChI=1S/C17H19BrN2S.CH2O2/c1-14-2-8-17(9-3-14)21-20-12-10-19(11-13-20)16-6-4-15(18)5-7-16;2-1-3/h2-9H,10-13H2,1H3;1H,(H,2,3). The summed E-state index contributed by atoms with van der Waals surface area (Å²) >= 11 is 5.36. The summed E-state index contributed by atoms with van der Waals surface area (Å²) in [5.41, 5.74) is 2.64. The minimum Gasteiger partial charge on any atom is -0.483 e. The molecule has 0 aromatic heterocycles. The molecule has 0 saturated carbocycles. The fraction of sp³-hybridized carbons (Fsp3) is 0.278. The zero-order valence-corrected chi connectivity index (χ0v) is 16.0. The van der Waals surface area contributed by atoms with Crippen LogP contribution in [0, 0.1) is 6.92 Å². The van der Waals surface area contributed by atoms with Gasteiger partial charge in [-0.05, 0) is 55.3 Å². The van der Waals surface area contributed by atoms with Crippen molar-refractivity contribution in [3.63, 3.8) is 0 Å². The topological polar surface area (TPSA) is 43.8 Å². The van der Waals surface area contributed by atoms with Gasteiger partial charge in [-0.1, -0.05) is 33.6 Å². The first-order chi connectivity index (χ1) is 11.6. The SMILES string of the molecule is Cc1ccc(SN2CCN(c3ccc(Br)cc3)CC2)cc1.O=CO. The van der Waals surface area contributed by atoms with Gasteiger partial charge < -0.3 is 10.0 Å². The fourth-order valence-corrected chi connectivity index (χ4v) is 3.60. The van der Waals surface area contributed by atoms with E-state index in [4.69, 9.17) is 9.90 Å². The molecule has 3 rings (SSSR count). The molecule has 2 aromatic rings. The minimum atomic E-state index is -0.250. The number of carboxylic acid groups (broad SMARTS) is 1. The van der Waals surface area contributed by atoms with Crippen molar-refractivity contribution < 1.29 is 9.90 Å². The van der Waals surface area contributed by atoms with Gasteiger partial charge in [0.25, 0.3) is 6.47 Å². The van der Waals surface area contributed by atoms with Crippen LogP contribution in [0.5, 0.6) is 0 Å². The Labute approximate surface area is 155 Å². The summed E-state index contributed by atoms with van der Waals surface area (Å²) in [4.78, 5) is 12.1. The van der Waals surface area contributed by atoms with E-state index in [1.165, 1.54) is 16.1 Å². The zero-order chi connectivity index (χ0) is 17.4. The lowest BCUT2D eigenvalue weighted by Crippen LogP contribution is -2.43. The van der Waals surface area contributed by atoms with Crippen molar-refractivity contribution in [3.05, 3.63) is 58.6 Å². The first kappa shape index (κ1) is 18.8. The molecule has 0 radical (unpaired) electrons. The zero-order valence-electron chi connectivity index (χ0n) is 13.6. The number of hydrogen-bond donors (Lipinski definition) is 1. The molecule has 0 spiro atoms. The molecule has 1 saturated heterocycles. The number of hydrogen-bond acceptors (Lipinski definition) is 4. The van der Waals surface area contributed by atoms with E-state index in [2.05, 4.69) is 80.6 Å². The van der Waals surface area contributed by atoms with Gasteiger partial charge in [-0.2, -0.15) is 0 Å². The third kappa shape index (κ3) is 5.85. The van der Waals surface area contributed by atoms with Crippen LogP contribution in [-0.2, 0) is 4.79 Å². The van der Waals surface area contributed by atoms with Crippen molar-refractivity contribution >= 4 is 40.0 Å². The van der Waals surface area contributed by atoms with Crippen LogP contribution in [0.2, 0.25) is 0 Å². The molecule has 1 fully saturated rings. The summed E-state index contributed by atoms with van der Waals surface area (Å²) in [6.45, 7) is 6.23. The van der Waals surface area contributed by atoms with Gasteiger partial charge in [0.2, 0.25) is 0 Å². The maximum absolute atomic E-state index is 8.36. The van der Waals surface area contributed by atoms with Crippen LogP contribution >= 0.6 is 27.9 Å². The molecular weight excluding hydrogens is 388 g/mol. The molecule has 0 atom stereocenters. The molecular formula is C18H21BrN2O2S. The molecule has 1 aliphatic rings. The maximum Gasteiger partial charge on any atom is 0.290 e. The average Bonchev–Trinajstić information content (AvgIpc) is 2.59. The monoisotopic (exact) mass is 408 g/mol. The van der Waals surface area contributed by atoms with Crippen molar-refractivity contribution in [2.24, 2.45) is 0 Å². The van der Waals surface area contributed by atoms with Crippen molar-refractivity contribution in [2.45, 2.75) is 11.8 Å². The van der Waals surface area contributed by atoms with E-state index in [-0.39, 0.29) is 6.47 Å². The molecule has 128 valence electrons. The van der Waals surface area contributed by atoms with Crippen LogP contribution in [0.25, 0.3) is 0 Å². The summed E-state index contributed by atoms with van der Waals surface area (Å²) in [5.74, 6) is 0. The van der Waals surface area contributed by atoms with Gasteiger partial charge in [-0.15, -0.1) is 0 Å². The highest BCUT2D eigenvalue weighted by Crippen LogP contribution is 2.26. The van der Waals surface area contributed by atoms with Gasteiger partial charge in [-0.25, -0.2) is 4.31 Å². The highest BCUT2D eigenvalue weighted by molar-refractivity contribution is 9.10. The van der Waals surface area contributed by atoms with Gasteiger partial charge in [0.05, 0.1) is 0 Å². The molecule has 6 heteroatoms. The Morgan fingerprint density at radius 3 is 2.08 bits per heavy atom. The van der Waals surface area contributed by atoms with Crippen LogP contribution in [0.3, 0.4) is 0 Å². The van der Waals surface area contributed by atoms with E-state index in [9.17, 15) is 0 Å². The van der Waals surface area contributed by atoms with Crippen LogP contribution < -0.4 is 4.90 Å². The Balaban J connectivity index is 0.000000647. The second-order valence-electron chi connectivity index (χ2n) is 5.40. The molecule has 0 amide bonds. The Hall–Kier alpha value is -1.50. The van der Waals surface area contributed by atoms with E-state index in [0.717, 1.165) is 30.7 Å². The van der Waals surface area contributed by atoms with Crippen molar-refractivity contribution in [2.75, 3.05) is 31.1 Å². The van der Waals surface area contributed by atoms with Gasteiger partial charge in [0.1, 0.15) is 0 Å². The Morgan fingerprint density at radius 2 is 1.54 bits per heavy atom. The number of benzene rings is 2. The highest BCUT2D eigenvalue weighted by atomic mass is 79.9. The van der Waals surface area contributed by atoms with Crippen molar-refractivity contribution in [3.8, 4) is 0 Å². The van der Waals surface area contributed by atoms with E-state index in [0.29, 0.717) is 0 Å². The number of nitrogens with zero attached hydrogens (tertiary/aromatic N) is 2. The maximum atomic E-state index is 8.36. The molecule has 0 aliphatic carbocycles. The summed E-state index contributed by atoms with van der Waals surface area (Å²) in [5, 5.41) is 6.89. The van der Waals surface area contributed by atoms with Gasteiger partial charge in [0, 0.05) is 41.2 Å². The third-order valence-electron chi connectivity index (χ3n) is 3.69. The number of halogens is 1. The second-order valence-corrected chi connectivity index (χ2v) is 7.49. The predicted octanol–water partition coefficient (Wildman–Crippen LogP) is 4.29. The van der Waals surface area contributed by atoms with Crippen LogP contribution in [0.15, 0.2) is 57.9 Å². The largest absolute Gasteiger partial charge is 0.483 e. The molecule has 4 nitrogen and oxygen atoms in total. The molecule has 0 bridgehead atoms. The fourth-order valence-electron chi connectivity index (χ4n) is 2.44. The first-order valence-corrected chi connectivity index (χ1v) is 9.27. The van der Waals surface area contributed by atoms with E-state index in [1.807, 2.05) is 11.9 Å². The highest BCUT2D eigenvalue weighted by Gasteiger charge is 2.17. The quantitative estimate of drug-likeness (QED) is 0.605. The average molecular weight is 409 g/mol. The van der Waals surface area contributed by atoms with Crippen LogP contribution in [0.4, 0.5) is 5.69 Å². The van der Waals surface area contributed by atoms with Gasteiger partial charge in [-0.3, -0.25) is 4.79 Å². The molecule has 0 unspecified atom stereocenters. The number of piperazine rings is 1. The summed E-state index contributed by atoms with van der Waals surface area (Å²) in [7, 11) is 0. The lowest BCUT2D eigenvalue weighted by atomic mass is 10.2. The van der Waals surface area contributed by atoms with Crippen LogP contribution in [0.1, 0.15) is 5.56 Å². The molecule has 1 aliphatic heterocycles. The Morgan fingerprint density at radius 1 is 1.00 bits per heavy atom. The van der Waals surface area contributed by atoms with Crippen LogP contribution in [-0.4, -0.2) is 42.1 Å². The summed E-state index contributed by atoms with van der Waals surface area (Å²) in [6, 6.07) is 17.4. The van der Waals surface area contributed by atoms with E-state index in [1.54, 1.807) is 0 Å². The number of carbonyl (C=O) groups is 1. The third-order valence-corrected chi connectivity index (χ3v) is 5.32. The summed E-state index contributed by atoms with van der Waals surface area (Å²) in [6.07, 6.45) is 0. The number of anilines is 1. The lowest BCUT2D eigenvalue weighted by Gasteiger charge is -2.35. The van der Waals surface area contributed by atoms with Crippen molar-refractivity contribution in [1.29, 1.82) is 0 Å². The normalized spacial score (nSPS) is 14.7. The minimum absolute atomic E-state index is 0.250. The predicted molar refractivity (Wildman–Crippen MR) is 104 cm³/mol. The lowest BCUT2D eigenvalue weighted by molar-refractivity contribution is -0.122.